The minimum atomic E-state index is -3.32. The first-order valence-electron chi connectivity index (χ1n) is 6.56. The van der Waals surface area contributed by atoms with Gasteiger partial charge in [-0.25, -0.2) is 4.72 Å². The first kappa shape index (κ1) is 15.8. The van der Waals surface area contributed by atoms with E-state index in [9.17, 15) is 8.42 Å². The Morgan fingerprint density at radius 3 is 2.50 bits per heavy atom. The number of nitrogens with one attached hydrogen (secondary N) is 2. The third-order valence-corrected chi connectivity index (χ3v) is 4.56. The van der Waals surface area contributed by atoms with Gasteiger partial charge in [0.15, 0.2) is 0 Å². The van der Waals surface area contributed by atoms with E-state index in [0.29, 0.717) is 19.0 Å². The van der Waals surface area contributed by atoms with Gasteiger partial charge in [-0.3, -0.25) is 4.90 Å². The van der Waals surface area contributed by atoms with Gasteiger partial charge >= 0.3 is 0 Å². The van der Waals surface area contributed by atoms with Gasteiger partial charge < -0.3 is 5.32 Å². The maximum atomic E-state index is 11.9. The van der Waals surface area contributed by atoms with Gasteiger partial charge in [0.25, 0.3) is 10.2 Å². The van der Waals surface area contributed by atoms with Gasteiger partial charge in [-0.2, -0.15) is 12.7 Å². The molecule has 0 radical (unpaired) electrons. The maximum Gasteiger partial charge on any atom is 0.279 e. The molecule has 0 aliphatic carbocycles. The zero-order valence-corrected chi connectivity index (χ0v) is 12.5. The van der Waals surface area contributed by atoms with Crippen molar-refractivity contribution < 1.29 is 8.42 Å². The summed E-state index contributed by atoms with van der Waals surface area (Å²) in [5, 5.41) is 3.28. The smallest absolute Gasteiger partial charge is 0.279 e. The summed E-state index contributed by atoms with van der Waals surface area (Å²) in [5.41, 5.74) is 0. The molecule has 0 aromatic heterocycles. The number of likely N-dealkylation sites (N-methyl/N-ethyl adjacent to an activating group) is 1. The van der Waals surface area contributed by atoms with Crippen LogP contribution in [0.5, 0.6) is 0 Å². The molecule has 0 atom stereocenters. The van der Waals surface area contributed by atoms with Crippen LogP contribution in [0, 0.1) is 5.92 Å². The fraction of sp³-hybridized carbons (Fsp3) is 1.00. The maximum absolute atomic E-state index is 11.9. The van der Waals surface area contributed by atoms with E-state index in [1.54, 1.807) is 7.05 Å². The molecule has 0 unspecified atom stereocenters. The van der Waals surface area contributed by atoms with Gasteiger partial charge in [0.1, 0.15) is 0 Å². The van der Waals surface area contributed by atoms with Gasteiger partial charge in [-0.1, -0.05) is 13.8 Å². The Bertz CT molecular complexity index is 326. The van der Waals surface area contributed by atoms with Crippen LogP contribution in [0.25, 0.3) is 0 Å². The molecule has 7 heteroatoms. The minimum absolute atomic E-state index is 0.321. The normalized spacial score (nSPS) is 18.7. The first-order valence-corrected chi connectivity index (χ1v) is 8.00. The summed E-state index contributed by atoms with van der Waals surface area (Å²) in [5.74, 6) is 0.321. The minimum Gasteiger partial charge on any atom is -0.314 e. The second-order valence-electron chi connectivity index (χ2n) is 5.16. The van der Waals surface area contributed by atoms with Crippen LogP contribution < -0.4 is 10.0 Å². The summed E-state index contributed by atoms with van der Waals surface area (Å²) in [4.78, 5) is 2.28. The highest BCUT2D eigenvalue weighted by Gasteiger charge is 2.18. The van der Waals surface area contributed by atoms with Crippen LogP contribution in [-0.2, 0) is 10.2 Å². The van der Waals surface area contributed by atoms with Crippen LogP contribution in [0.4, 0.5) is 0 Å². The molecule has 18 heavy (non-hydrogen) atoms. The molecular weight excluding hydrogens is 252 g/mol. The molecule has 1 aliphatic heterocycles. The lowest BCUT2D eigenvalue weighted by atomic mass is 10.2. The molecule has 0 aromatic carbocycles. The van der Waals surface area contributed by atoms with Crippen molar-refractivity contribution in [3.63, 3.8) is 0 Å². The molecule has 0 amide bonds. The zero-order chi connectivity index (χ0) is 13.6. The Hall–Kier alpha value is -0.210. The van der Waals surface area contributed by atoms with E-state index in [0.717, 1.165) is 32.7 Å². The number of piperazine rings is 1. The van der Waals surface area contributed by atoms with Crippen LogP contribution in [-0.4, -0.2) is 70.5 Å². The standard InChI is InChI=1S/C11H26N4O2S/c1-11(2)10-13-18(16,17)14(3)8-9-15-6-4-12-5-7-15/h11-13H,4-10H2,1-3H3. The van der Waals surface area contributed by atoms with Gasteiger partial charge in [0.2, 0.25) is 0 Å². The molecule has 0 saturated carbocycles. The van der Waals surface area contributed by atoms with Crippen molar-refractivity contribution >= 4 is 10.2 Å². The third-order valence-electron chi connectivity index (χ3n) is 3.03. The summed E-state index contributed by atoms with van der Waals surface area (Å²) in [6.45, 7) is 9.76. The summed E-state index contributed by atoms with van der Waals surface area (Å²) in [6.07, 6.45) is 0. The molecule has 0 aromatic rings. The highest BCUT2D eigenvalue weighted by Crippen LogP contribution is 1.98. The molecule has 1 saturated heterocycles. The molecule has 6 nitrogen and oxygen atoms in total. The van der Waals surface area contributed by atoms with E-state index >= 15 is 0 Å². The Morgan fingerprint density at radius 1 is 1.33 bits per heavy atom. The Kier molecular flexibility index (Phi) is 6.51. The van der Waals surface area contributed by atoms with Crippen LogP contribution >= 0.6 is 0 Å². The SMILES string of the molecule is CC(C)CNS(=O)(=O)N(C)CCN1CCNCC1. The van der Waals surface area contributed by atoms with Crippen molar-refractivity contribution in [2.24, 2.45) is 5.92 Å². The van der Waals surface area contributed by atoms with Crippen LogP contribution in [0.1, 0.15) is 13.8 Å². The molecule has 1 aliphatic rings. The van der Waals surface area contributed by atoms with Gasteiger partial charge in [0, 0.05) is 52.9 Å². The average molecular weight is 278 g/mol. The van der Waals surface area contributed by atoms with Crippen molar-refractivity contribution in [2.45, 2.75) is 13.8 Å². The molecular formula is C11H26N4O2S. The monoisotopic (exact) mass is 278 g/mol. The number of rotatable bonds is 7. The van der Waals surface area contributed by atoms with Crippen molar-refractivity contribution in [2.75, 3.05) is 52.9 Å². The predicted octanol–water partition coefficient (Wildman–Crippen LogP) is -0.686. The summed E-state index contributed by atoms with van der Waals surface area (Å²) in [6, 6.07) is 0. The summed E-state index contributed by atoms with van der Waals surface area (Å²) < 4.78 is 27.8. The van der Waals surface area contributed by atoms with E-state index in [2.05, 4.69) is 14.9 Å². The molecule has 0 bridgehead atoms. The number of hydrogen-bond donors (Lipinski definition) is 2. The first-order chi connectivity index (χ1) is 8.42. The second-order valence-corrected chi connectivity index (χ2v) is 7.02. The topological polar surface area (TPSA) is 64.7 Å². The lowest BCUT2D eigenvalue weighted by Gasteiger charge is -2.28. The lowest BCUT2D eigenvalue weighted by molar-refractivity contribution is 0.229. The Labute approximate surface area is 111 Å². The van der Waals surface area contributed by atoms with E-state index in [1.165, 1.54) is 4.31 Å². The van der Waals surface area contributed by atoms with Crippen LogP contribution in [0.3, 0.4) is 0 Å². The van der Waals surface area contributed by atoms with Gasteiger partial charge in [-0.15, -0.1) is 0 Å². The summed E-state index contributed by atoms with van der Waals surface area (Å²) in [7, 11) is -1.69. The van der Waals surface area contributed by atoms with E-state index in [1.807, 2.05) is 13.8 Å². The lowest BCUT2D eigenvalue weighted by Crippen LogP contribution is -2.48. The van der Waals surface area contributed by atoms with E-state index < -0.39 is 10.2 Å². The third kappa shape index (κ3) is 5.62. The summed E-state index contributed by atoms with van der Waals surface area (Å²) >= 11 is 0. The van der Waals surface area contributed by atoms with Gasteiger partial charge in [-0.05, 0) is 5.92 Å². The quantitative estimate of drug-likeness (QED) is 0.647. The molecule has 1 heterocycles. The fourth-order valence-electron chi connectivity index (χ4n) is 1.72. The highest BCUT2D eigenvalue weighted by atomic mass is 32.2. The van der Waals surface area contributed by atoms with Gasteiger partial charge in [0.05, 0.1) is 0 Å². The van der Waals surface area contributed by atoms with Crippen LogP contribution in [0.2, 0.25) is 0 Å². The van der Waals surface area contributed by atoms with Crippen LogP contribution in [0.15, 0.2) is 0 Å². The molecule has 1 rings (SSSR count). The highest BCUT2D eigenvalue weighted by molar-refractivity contribution is 7.87. The number of nitrogens with zero attached hydrogens (tertiary/aromatic N) is 2. The largest absolute Gasteiger partial charge is 0.314 e. The van der Waals surface area contributed by atoms with Crippen molar-refractivity contribution in [1.82, 2.24) is 19.2 Å². The van der Waals surface area contributed by atoms with Crippen molar-refractivity contribution in [1.29, 1.82) is 0 Å². The molecule has 108 valence electrons. The average Bonchev–Trinajstić information content (AvgIpc) is 2.35. The molecule has 0 spiro atoms. The Morgan fingerprint density at radius 2 is 1.94 bits per heavy atom. The van der Waals surface area contributed by atoms with Crippen molar-refractivity contribution in [3.05, 3.63) is 0 Å². The van der Waals surface area contributed by atoms with E-state index in [-0.39, 0.29) is 0 Å². The number of hydrogen-bond acceptors (Lipinski definition) is 4. The zero-order valence-electron chi connectivity index (χ0n) is 11.6. The Balaban J connectivity index is 2.31. The van der Waals surface area contributed by atoms with E-state index in [4.69, 9.17) is 0 Å². The second kappa shape index (κ2) is 7.40. The predicted molar refractivity (Wildman–Crippen MR) is 73.7 cm³/mol. The fourth-order valence-corrected chi connectivity index (χ4v) is 2.81. The molecule has 1 fully saturated rings. The van der Waals surface area contributed by atoms with Crippen molar-refractivity contribution in [3.8, 4) is 0 Å². The molecule has 2 N–H and O–H groups in total.